The first-order valence-corrected chi connectivity index (χ1v) is 7.68. The number of nitrogens with one attached hydrogen (secondary N) is 1. The Hall–Kier alpha value is -1.91. The van der Waals surface area contributed by atoms with Gasteiger partial charge in [-0.1, -0.05) is 26.0 Å². The maximum Gasteiger partial charge on any atom is 0.311 e. The molecule has 0 aromatic heterocycles. The number of carbonyl (C=O) groups excluding carboxylic acids is 1. The van der Waals surface area contributed by atoms with Crippen LogP contribution in [0.5, 0.6) is 0 Å². The molecule has 0 saturated heterocycles. The summed E-state index contributed by atoms with van der Waals surface area (Å²) < 4.78 is 13.0. The highest BCUT2D eigenvalue weighted by Gasteiger charge is 2.51. The molecule has 0 radical (unpaired) electrons. The Morgan fingerprint density at radius 1 is 1.23 bits per heavy atom. The van der Waals surface area contributed by atoms with Crippen LogP contribution in [0.25, 0.3) is 0 Å². The van der Waals surface area contributed by atoms with E-state index in [1.807, 2.05) is 13.8 Å². The summed E-state index contributed by atoms with van der Waals surface area (Å²) in [7, 11) is 0. The molecular weight excluding hydrogens is 285 g/mol. The van der Waals surface area contributed by atoms with E-state index in [9.17, 15) is 19.1 Å². The van der Waals surface area contributed by atoms with Gasteiger partial charge >= 0.3 is 5.97 Å². The standard InChI is InChI=1S/C17H22FNO3/c1-3-16(4-2,15(21)22)11-19-14(20)17(9-10-17)12-5-7-13(18)8-6-12/h5-8H,3-4,9-11H2,1-2H3,(H,19,20)(H,21,22). The predicted octanol–water partition coefficient (Wildman–Crippen LogP) is 2.86. The van der Waals surface area contributed by atoms with Crippen LogP contribution in [0.3, 0.4) is 0 Å². The number of carboxylic acids is 1. The van der Waals surface area contributed by atoms with Crippen LogP contribution in [0.15, 0.2) is 24.3 Å². The molecule has 4 nitrogen and oxygen atoms in total. The van der Waals surface area contributed by atoms with Crippen molar-refractivity contribution < 1.29 is 19.1 Å². The van der Waals surface area contributed by atoms with Crippen LogP contribution in [0.4, 0.5) is 4.39 Å². The van der Waals surface area contributed by atoms with Gasteiger partial charge < -0.3 is 10.4 Å². The Morgan fingerprint density at radius 3 is 2.18 bits per heavy atom. The molecule has 1 amide bonds. The summed E-state index contributed by atoms with van der Waals surface area (Å²) in [6.07, 6.45) is 2.34. The molecule has 1 aromatic carbocycles. The van der Waals surface area contributed by atoms with Crippen LogP contribution in [0.1, 0.15) is 45.1 Å². The van der Waals surface area contributed by atoms with E-state index in [4.69, 9.17) is 0 Å². The normalized spacial score (nSPS) is 16.1. The van der Waals surface area contributed by atoms with Gasteiger partial charge in [-0.25, -0.2) is 4.39 Å². The van der Waals surface area contributed by atoms with Crippen LogP contribution in [0.2, 0.25) is 0 Å². The molecule has 5 heteroatoms. The second-order valence-corrected chi connectivity index (χ2v) is 6.06. The number of carboxylic acid groups (broad SMARTS) is 1. The van der Waals surface area contributed by atoms with Crippen LogP contribution < -0.4 is 5.32 Å². The lowest BCUT2D eigenvalue weighted by atomic mass is 9.82. The zero-order valence-corrected chi connectivity index (χ0v) is 13.0. The van der Waals surface area contributed by atoms with E-state index >= 15 is 0 Å². The average Bonchev–Trinajstić information content (AvgIpc) is 3.30. The van der Waals surface area contributed by atoms with Crippen molar-refractivity contribution in [1.82, 2.24) is 5.32 Å². The maximum absolute atomic E-state index is 13.0. The molecule has 0 bridgehead atoms. The van der Waals surface area contributed by atoms with E-state index in [1.165, 1.54) is 12.1 Å². The third-order valence-electron chi connectivity index (χ3n) is 4.98. The molecule has 2 N–H and O–H groups in total. The number of hydrogen-bond donors (Lipinski definition) is 2. The van der Waals surface area contributed by atoms with Crippen molar-refractivity contribution >= 4 is 11.9 Å². The van der Waals surface area contributed by atoms with Gasteiger partial charge in [0.1, 0.15) is 5.82 Å². The van der Waals surface area contributed by atoms with Crippen LogP contribution in [-0.4, -0.2) is 23.5 Å². The number of benzene rings is 1. The van der Waals surface area contributed by atoms with Gasteiger partial charge in [0.15, 0.2) is 0 Å². The van der Waals surface area contributed by atoms with Gasteiger partial charge in [-0.3, -0.25) is 9.59 Å². The molecule has 0 unspecified atom stereocenters. The third kappa shape index (κ3) is 2.85. The largest absolute Gasteiger partial charge is 0.481 e. The number of halogens is 1. The Bertz CT molecular complexity index is 560. The maximum atomic E-state index is 13.0. The lowest BCUT2D eigenvalue weighted by Gasteiger charge is -2.28. The minimum Gasteiger partial charge on any atom is -0.481 e. The first kappa shape index (κ1) is 16.5. The second-order valence-electron chi connectivity index (χ2n) is 6.06. The highest BCUT2D eigenvalue weighted by Crippen LogP contribution is 2.48. The summed E-state index contributed by atoms with van der Waals surface area (Å²) in [6.45, 7) is 3.75. The smallest absolute Gasteiger partial charge is 0.311 e. The van der Waals surface area contributed by atoms with Crippen molar-refractivity contribution in [3.63, 3.8) is 0 Å². The monoisotopic (exact) mass is 307 g/mol. The topological polar surface area (TPSA) is 66.4 Å². The highest BCUT2D eigenvalue weighted by atomic mass is 19.1. The molecule has 22 heavy (non-hydrogen) atoms. The fourth-order valence-electron chi connectivity index (χ4n) is 2.84. The molecule has 120 valence electrons. The number of carbonyl (C=O) groups is 2. The van der Waals surface area contributed by atoms with Gasteiger partial charge in [-0.15, -0.1) is 0 Å². The zero-order chi connectivity index (χ0) is 16.4. The number of aliphatic carboxylic acids is 1. The minimum atomic E-state index is -0.922. The predicted molar refractivity (Wildman–Crippen MR) is 81.0 cm³/mol. The van der Waals surface area contributed by atoms with E-state index in [0.29, 0.717) is 25.7 Å². The number of amides is 1. The molecule has 0 spiro atoms. The lowest BCUT2D eigenvalue weighted by molar-refractivity contribution is -0.149. The molecular formula is C17H22FNO3. The second kappa shape index (κ2) is 6.07. The molecule has 2 rings (SSSR count). The molecule has 0 atom stereocenters. The Kier molecular flexibility index (Phi) is 4.54. The molecule has 1 fully saturated rings. The van der Waals surface area contributed by atoms with Crippen LogP contribution in [-0.2, 0) is 15.0 Å². The molecule has 1 aliphatic carbocycles. The van der Waals surface area contributed by atoms with E-state index in [1.54, 1.807) is 12.1 Å². The van der Waals surface area contributed by atoms with Crippen molar-refractivity contribution in [3.8, 4) is 0 Å². The Labute approximate surface area is 129 Å². The summed E-state index contributed by atoms with van der Waals surface area (Å²) >= 11 is 0. The van der Waals surface area contributed by atoms with Crippen LogP contribution in [0, 0.1) is 11.2 Å². The molecule has 1 saturated carbocycles. The van der Waals surface area contributed by atoms with Gasteiger partial charge in [0.2, 0.25) is 5.91 Å². The quantitative estimate of drug-likeness (QED) is 0.814. The van der Waals surface area contributed by atoms with E-state index in [0.717, 1.165) is 5.56 Å². The van der Waals surface area contributed by atoms with Crippen molar-refractivity contribution in [2.45, 2.75) is 44.9 Å². The summed E-state index contributed by atoms with van der Waals surface area (Å²) in [4.78, 5) is 24.0. The molecule has 1 aliphatic rings. The summed E-state index contributed by atoms with van der Waals surface area (Å²) in [5.74, 6) is -1.38. The van der Waals surface area contributed by atoms with Gasteiger partial charge in [-0.05, 0) is 43.4 Å². The lowest BCUT2D eigenvalue weighted by Crippen LogP contribution is -2.45. The molecule has 0 heterocycles. The SMILES string of the molecule is CCC(CC)(CNC(=O)C1(c2ccc(F)cc2)CC1)C(=O)O. The van der Waals surface area contributed by atoms with Gasteiger partial charge in [0.25, 0.3) is 0 Å². The number of hydrogen-bond acceptors (Lipinski definition) is 2. The van der Waals surface area contributed by atoms with Crippen molar-refractivity contribution in [3.05, 3.63) is 35.6 Å². The Morgan fingerprint density at radius 2 is 1.77 bits per heavy atom. The first-order valence-electron chi connectivity index (χ1n) is 7.68. The fourth-order valence-corrected chi connectivity index (χ4v) is 2.84. The fraction of sp³-hybridized carbons (Fsp3) is 0.529. The first-order chi connectivity index (χ1) is 10.4. The third-order valence-corrected chi connectivity index (χ3v) is 4.98. The number of rotatable bonds is 7. The minimum absolute atomic E-state index is 0.122. The molecule has 0 aliphatic heterocycles. The van der Waals surface area contributed by atoms with E-state index < -0.39 is 16.8 Å². The zero-order valence-electron chi connectivity index (χ0n) is 13.0. The van der Waals surface area contributed by atoms with Crippen LogP contribution >= 0.6 is 0 Å². The average molecular weight is 307 g/mol. The van der Waals surface area contributed by atoms with E-state index in [2.05, 4.69) is 5.32 Å². The summed E-state index contributed by atoms with van der Waals surface area (Å²) in [5.41, 5.74) is -0.742. The summed E-state index contributed by atoms with van der Waals surface area (Å²) in [5, 5.41) is 12.2. The van der Waals surface area contributed by atoms with Crippen molar-refractivity contribution in [2.75, 3.05) is 6.54 Å². The molecule has 1 aromatic rings. The van der Waals surface area contributed by atoms with Gasteiger partial charge in [0, 0.05) is 6.54 Å². The summed E-state index contributed by atoms with van der Waals surface area (Å²) in [6, 6.07) is 5.96. The van der Waals surface area contributed by atoms with Gasteiger partial charge in [-0.2, -0.15) is 0 Å². The van der Waals surface area contributed by atoms with Gasteiger partial charge in [0.05, 0.1) is 10.8 Å². The van der Waals surface area contributed by atoms with E-state index in [-0.39, 0.29) is 18.3 Å². The highest BCUT2D eigenvalue weighted by molar-refractivity contribution is 5.91. The van der Waals surface area contributed by atoms with Crippen molar-refractivity contribution in [2.24, 2.45) is 5.41 Å². The Balaban J connectivity index is 2.09. The van der Waals surface area contributed by atoms with Crippen molar-refractivity contribution in [1.29, 1.82) is 0 Å².